The Balaban J connectivity index is 1.99. The van der Waals surface area contributed by atoms with Gasteiger partial charge in [-0.2, -0.15) is 5.26 Å². The number of allylic oxidation sites excluding steroid dienone is 3. The summed E-state index contributed by atoms with van der Waals surface area (Å²) in [5.74, 6) is -0.600. The summed E-state index contributed by atoms with van der Waals surface area (Å²) in [5, 5.41) is 10.0. The number of hydrogen-bond donors (Lipinski definition) is 1. The molecule has 29 heavy (non-hydrogen) atoms. The van der Waals surface area contributed by atoms with Gasteiger partial charge in [0.15, 0.2) is 5.78 Å². The van der Waals surface area contributed by atoms with Gasteiger partial charge in [0.05, 0.1) is 23.2 Å². The number of aryl methyl sites for hydroxylation is 2. The van der Waals surface area contributed by atoms with Crippen molar-refractivity contribution in [2.75, 3.05) is 4.90 Å². The molecule has 0 saturated carbocycles. The average Bonchev–Trinajstić information content (AvgIpc) is 2.67. The molecule has 146 valence electrons. The summed E-state index contributed by atoms with van der Waals surface area (Å²) in [7, 11) is 0. The standard InChI is InChI=1S/C24H22FN3O/c1-14-9-10-18(15(2)11-14)22-19(13-26)24(27)28(17-6-3-5-16(25)12-17)20-7-4-8-21(29)23(20)22/h3,5-6,9-12,22H,4,7-8,27H2,1-2H3. The van der Waals surface area contributed by atoms with Gasteiger partial charge in [0, 0.05) is 17.7 Å². The Kier molecular flexibility index (Phi) is 4.71. The maximum atomic E-state index is 13.9. The molecule has 1 heterocycles. The minimum Gasteiger partial charge on any atom is -0.384 e. The Bertz CT molecular complexity index is 1120. The van der Waals surface area contributed by atoms with Crippen molar-refractivity contribution in [1.29, 1.82) is 5.26 Å². The molecule has 5 heteroatoms. The van der Waals surface area contributed by atoms with E-state index in [2.05, 4.69) is 6.07 Å². The Morgan fingerprint density at radius 3 is 2.66 bits per heavy atom. The van der Waals surface area contributed by atoms with Gasteiger partial charge >= 0.3 is 0 Å². The van der Waals surface area contributed by atoms with E-state index in [4.69, 9.17) is 5.73 Å². The largest absolute Gasteiger partial charge is 0.384 e. The van der Waals surface area contributed by atoms with E-state index < -0.39 is 11.7 Å². The van der Waals surface area contributed by atoms with Gasteiger partial charge in [-0.1, -0.05) is 29.8 Å². The van der Waals surface area contributed by atoms with Crippen LogP contribution < -0.4 is 10.6 Å². The zero-order chi connectivity index (χ0) is 20.7. The molecule has 1 atom stereocenters. The molecule has 4 rings (SSSR count). The Hall–Kier alpha value is -3.39. The first-order valence-electron chi connectivity index (χ1n) is 9.71. The van der Waals surface area contributed by atoms with Crippen LogP contribution in [0.1, 0.15) is 41.9 Å². The summed E-state index contributed by atoms with van der Waals surface area (Å²) in [4.78, 5) is 14.8. The molecule has 2 aliphatic rings. The molecule has 0 aromatic heterocycles. The van der Waals surface area contributed by atoms with Gasteiger partial charge in [0.2, 0.25) is 0 Å². The summed E-state index contributed by atoms with van der Waals surface area (Å²) < 4.78 is 13.9. The van der Waals surface area contributed by atoms with Crippen molar-refractivity contribution < 1.29 is 9.18 Å². The highest BCUT2D eigenvalue weighted by atomic mass is 19.1. The molecule has 0 amide bonds. The molecular formula is C24H22FN3O. The molecule has 0 fully saturated rings. The molecule has 1 unspecified atom stereocenters. The molecule has 2 N–H and O–H groups in total. The van der Waals surface area contributed by atoms with Crippen LogP contribution in [0.15, 0.2) is 65.1 Å². The van der Waals surface area contributed by atoms with Crippen LogP contribution in [0.4, 0.5) is 10.1 Å². The second-order valence-corrected chi connectivity index (χ2v) is 7.66. The number of hydrogen-bond acceptors (Lipinski definition) is 4. The number of halogens is 1. The third kappa shape index (κ3) is 3.11. The van der Waals surface area contributed by atoms with Gasteiger partial charge in [-0.05, 0) is 56.0 Å². The predicted octanol–water partition coefficient (Wildman–Crippen LogP) is 4.75. The lowest BCUT2D eigenvalue weighted by atomic mass is 9.74. The number of nitrogens with two attached hydrogens (primary N) is 1. The molecule has 1 aliphatic heterocycles. The predicted molar refractivity (Wildman–Crippen MR) is 110 cm³/mol. The highest BCUT2D eigenvalue weighted by Crippen LogP contribution is 2.46. The first-order chi connectivity index (χ1) is 13.9. The van der Waals surface area contributed by atoms with Crippen molar-refractivity contribution in [3.05, 3.63) is 87.6 Å². The SMILES string of the molecule is Cc1ccc(C2C(C#N)=C(N)N(c3cccc(F)c3)C3=C2C(=O)CCC3)c(C)c1. The first kappa shape index (κ1) is 18.9. The summed E-state index contributed by atoms with van der Waals surface area (Å²) in [6.07, 6.45) is 1.80. The number of rotatable bonds is 2. The molecule has 0 spiro atoms. The van der Waals surface area contributed by atoms with Crippen molar-refractivity contribution in [1.82, 2.24) is 0 Å². The van der Waals surface area contributed by atoms with E-state index >= 15 is 0 Å². The number of ketones is 1. The quantitative estimate of drug-likeness (QED) is 0.807. The Labute approximate surface area is 169 Å². The van der Waals surface area contributed by atoms with Crippen LogP contribution in [0.25, 0.3) is 0 Å². The maximum Gasteiger partial charge on any atom is 0.161 e. The molecular weight excluding hydrogens is 365 g/mol. The number of nitriles is 1. The van der Waals surface area contributed by atoms with Crippen molar-refractivity contribution in [2.45, 2.75) is 39.0 Å². The number of anilines is 1. The van der Waals surface area contributed by atoms with Crippen molar-refractivity contribution in [3.63, 3.8) is 0 Å². The van der Waals surface area contributed by atoms with Crippen LogP contribution >= 0.6 is 0 Å². The zero-order valence-corrected chi connectivity index (χ0v) is 16.5. The van der Waals surface area contributed by atoms with E-state index in [0.29, 0.717) is 36.1 Å². The summed E-state index contributed by atoms with van der Waals surface area (Å²) >= 11 is 0. The Morgan fingerprint density at radius 2 is 1.97 bits per heavy atom. The lowest BCUT2D eigenvalue weighted by Crippen LogP contribution is -2.38. The number of nitrogens with zero attached hydrogens (tertiary/aromatic N) is 2. The number of carbonyl (C=O) groups is 1. The normalized spacial score (nSPS) is 19.3. The van der Waals surface area contributed by atoms with Gasteiger partial charge in [0.1, 0.15) is 11.6 Å². The van der Waals surface area contributed by atoms with E-state index in [1.165, 1.54) is 12.1 Å². The van der Waals surface area contributed by atoms with Crippen LogP contribution in [0.5, 0.6) is 0 Å². The van der Waals surface area contributed by atoms with Crippen LogP contribution in [0.3, 0.4) is 0 Å². The van der Waals surface area contributed by atoms with Gasteiger partial charge in [-0.25, -0.2) is 4.39 Å². The van der Waals surface area contributed by atoms with Crippen LogP contribution in [-0.4, -0.2) is 5.78 Å². The monoisotopic (exact) mass is 387 g/mol. The van der Waals surface area contributed by atoms with E-state index in [-0.39, 0.29) is 11.6 Å². The fraction of sp³-hybridized carbons (Fsp3) is 0.250. The number of Topliss-reactive ketones (excluding diaryl/α,β-unsaturated/α-hetero) is 1. The summed E-state index contributed by atoms with van der Waals surface area (Å²) in [6, 6.07) is 14.3. The van der Waals surface area contributed by atoms with E-state index in [1.807, 2.05) is 32.0 Å². The Morgan fingerprint density at radius 1 is 1.17 bits per heavy atom. The van der Waals surface area contributed by atoms with E-state index in [9.17, 15) is 14.4 Å². The smallest absolute Gasteiger partial charge is 0.161 e. The second kappa shape index (κ2) is 7.21. The third-order valence-electron chi connectivity index (χ3n) is 5.72. The minimum absolute atomic E-state index is 0.0258. The van der Waals surface area contributed by atoms with Crippen molar-refractivity contribution in [3.8, 4) is 6.07 Å². The molecule has 2 aromatic rings. The van der Waals surface area contributed by atoms with Crippen molar-refractivity contribution in [2.24, 2.45) is 5.73 Å². The summed E-state index contributed by atoms with van der Waals surface area (Å²) in [6.45, 7) is 4.00. The lowest BCUT2D eigenvalue weighted by molar-refractivity contribution is -0.116. The molecule has 0 bridgehead atoms. The van der Waals surface area contributed by atoms with Gasteiger partial charge < -0.3 is 5.73 Å². The third-order valence-corrected chi connectivity index (χ3v) is 5.72. The second-order valence-electron chi connectivity index (χ2n) is 7.66. The maximum absolute atomic E-state index is 13.9. The van der Waals surface area contributed by atoms with Crippen LogP contribution in [0.2, 0.25) is 0 Å². The van der Waals surface area contributed by atoms with Gasteiger partial charge in [-0.15, -0.1) is 0 Å². The molecule has 1 aliphatic carbocycles. The molecule has 4 nitrogen and oxygen atoms in total. The van der Waals surface area contributed by atoms with Crippen LogP contribution in [-0.2, 0) is 4.79 Å². The van der Waals surface area contributed by atoms with E-state index in [1.54, 1.807) is 17.0 Å². The zero-order valence-electron chi connectivity index (χ0n) is 16.5. The number of carbonyl (C=O) groups excluding carboxylic acids is 1. The molecule has 0 radical (unpaired) electrons. The minimum atomic E-state index is -0.492. The lowest BCUT2D eigenvalue weighted by Gasteiger charge is -2.40. The highest BCUT2D eigenvalue weighted by Gasteiger charge is 2.40. The fourth-order valence-electron chi connectivity index (χ4n) is 4.46. The van der Waals surface area contributed by atoms with Crippen LogP contribution in [0, 0.1) is 31.0 Å². The number of benzene rings is 2. The molecule has 0 saturated heterocycles. The molecule has 2 aromatic carbocycles. The van der Waals surface area contributed by atoms with Gasteiger partial charge in [0.25, 0.3) is 0 Å². The highest BCUT2D eigenvalue weighted by molar-refractivity contribution is 6.01. The average molecular weight is 387 g/mol. The first-order valence-corrected chi connectivity index (χ1v) is 9.71. The fourth-order valence-corrected chi connectivity index (χ4v) is 4.46. The summed E-state index contributed by atoms with van der Waals surface area (Å²) in [5.41, 5.74) is 11.8. The van der Waals surface area contributed by atoms with Gasteiger partial charge in [-0.3, -0.25) is 9.69 Å². The van der Waals surface area contributed by atoms with Crippen molar-refractivity contribution >= 4 is 11.5 Å². The topological polar surface area (TPSA) is 70.1 Å². The van der Waals surface area contributed by atoms with E-state index in [0.717, 1.165) is 22.4 Å².